The van der Waals surface area contributed by atoms with E-state index in [0.717, 1.165) is 11.0 Å². The summed E-state index contributed by atoms with van der Waals surface area (Å²) >= 11 is 0. The quantitative estimate of drug-likeness (QED) is 0.854. The first kappa shape index (κ1) is 16.3. The summed E-state index contributed by atoms with van der Waals surface area (Å²) in [7, 11) is -3.21. The first-order valence-corrected chi connectivity index (χ1v) is 9.19. The maximum atomic E-state index is 12.2. The Morgan fingerprint density at radius 1 is 1.42 bits per heavy atom. The van der Waals surface area contributed by atoms with Crippen molar-refractivity contribution in [1.29, 1.82) is 0 Å². The second-order valence-electron chi connectivity index (χ2n) is 5.33. The number of amides is 1. The lowest BCUT2D eigenvalue weighted by atomic mass is 10.1. The molecule has 1 aliphatic rings. The highest BCUT2D eigenvalue weighted by molar-refractivity contribution is 7.94. The van der Waals surface area contributed by atoms with Gasteiger partial charge in [0.25, 0.3) is 5.91 Å². The van der Waals surface area contributed by atoms with Gasteiger partial charge >= 0.3 is 0 Å². The normalized spacial score (nSPS) is 18.5. The zero-order valence-electron chi connectivity index (χ0n) is 13.0. The number of aromatic amines is 1. The van der Waals surface area contributed by atoms with Gasteiger partial charge in [-0.3, -0.25) is 9.89 Å². The fourth-order valence-corrected chi connectivity index (χ4v) is 3.68. The number of benzene rings is 1. The molecule has 0 aliphatic carbocycles. The van der Waals surface area contributed by atoms with Gasteiger partial charge in [-0.25, -0.2) is 8.42 Å². The van der Waals surface area contributed by atoms with Gasteiger partial charge in [-0.05, 0) is 31.2 Å². The zero-order chi connectivity index (χ0) is 17.2. The number of para-hydroxylation sites is 1. The van der Waals surface area contributed by atoms with E-state index < -0.39 is 21.8 Å². The zero-order valence-corrected chi connectivity index (χ0v) is 13.8. The first-order chi connectivity index (χ1) is 11.5. The molecule has 0 saturated heterocycles. The summed E-state index contributed by atoms with van der Waals surface area (Å²) < 4.78 is 28.3. The number of carbonyl (C=O) groups excluding carboxylic acids is 1. The molecule has 0 saturated carbocycles. The van der Waals surface area contributed by atoms with E-state index in [-0.39, 0.29) is 11.4 Å². The fourth-order valence-electron chi connectivity index (χ4n) is 2.45. The highest BCUT2D eigenvalue weighted by Crippen LogP contribution is 2.28. The summed E-state index contributed by atoms with van der Waals surface area (Å²) in [5.41, 5.74) is 1.62. The molecule has 126 valence electrons. The molecule has 0 spiro atoms. The van der Waals surface area contributed by atoms with Gasteiger partial charge in [0, 0.05) is 11.0 Å². The van der Waals surface area contributed by atoms with E-state index in [1.807, 2.05) is 31.2 Å². The molecular weight excluding hydrogens is 330 g/mol. The molecule has 1 unspecified atom stereocenters. The van der Waals surface area contributed by atoms with Crippen molar-refractivity contribution in [2.75, 3.05) is 12.4 Å². The topological polar surface area (TPSA) is 101 Å². The number of ether oxygens (including phenoxy) is 1. The number of nitrogens with zero attached hydrogens (tertiary/aromatic N) is 1. The lowest BCUT2D eigenvalue weighted by Gasteiger charge is -2.08. The molecule has 1 atom stereocenters. The minimum atomic E-state index is -3.21. The van der Waals surface area contributed by atoms with Gasteiger partial charge in [-0.15, -0.1) is 0 Å². The Hall–Kier alpha value is -2.61. The third kappa shape index (κ3) is 3.48. The van der Waals surface area contributed by atoms with Crippen LogP contribution in [0.2, 0.25) is 0 Å². The largest absolute Gasteiger partial charge is 0.493 e. The van der Waals surface area contributed by atoms with Crippen molar-refractivity contribution in [1.82, 2.24) is 15.5 Å². The molecule has 8 heteroatoms. The Kier molecular flexibility index (Phi) is 4.39. The summed E-state index contributed by atoms with van der Waals surface area (Å²) in [6.07, 6.45) is 1.47. The molecule has 0 radical (unpaired) electrons. The van der Waals surface area contributed by atoms with Gasteiger partial charge in [0.1, 0.15) is 11.4 Å². The summed E-state index contributed by atoms with van der Waals surface area (Å²) in [4.78, 5) is 12.2. The van der Waals surface area contributed by atoms with E-state index in [4.69, 9.17) is 4.74 Å². The Morgan fingerprint density at radius 3 is 2.92 bits per heavy atom. The van der Waals surface area contributed by atoms with Crippen LogP contribution in [0.4, 0.5) is 0 Å². The monoisotopic (exact) mass is 347 g/mol. The van der Waals surface area contributed by atoms with Crippen LogP contribution in [0.25, 0.3) is 11.3 Å². The van der Waals surface area contributed by atoms with E-state index in [0.29, 0.717) is 18.1 Å². The Bertz CT molecular complexity index is 886. The molecule has 0 bridgehead atoms. The highest BCUT2D eigenvalue weighted by atomic mass is 32.2. The lowest BCUT2D eigenvalue weighted by Crippen LogP contribution is -2.35. The van der Waals surface area contributed by atoms with Gasteiger partial charge in [-0.1, -0.05) is 12.1 Å². The predicted molar refractivity (Wildman–Crippen MR) is 89.4 cm³/mol. The van der Waals surface area contributed by atoms with Gasteiger partial charge in [0.05, 0.1) is 24.1 Å². The number of hydrogen-bond acceptors (Lipinski definition) is 5. The standard InChI is InChI=1S/C16H17N3O4S/c1-2-23-15-6-4-3-5-12(15)13-9-14(19-18-13)16(20)17-11-7-8-24(21,22)10-11/h3-9,11H,2,10H2,1H3,(H,17,20)(H,18,19). The summed E-state index contributed by atoms with van der Waals surface area (Å²) in [5, 5.41) is 10.6. The number of nitrogens with one attached hydrogen (secondary N) is 2. The van der Waals surface area contributed by atoms with Crippen molar-refractivity contribution in [3.05, 3.63) is 47.5 Å². The molecule has 2 aromatic rings. The Labute approximate surface area is 139 Å². The van der Waals surface area contributed by atoms with Crippen molar-refractivity contribution in [3.8, 4) is 17.0 Å². The van der Waals surface area contributed by atoms with E-state index in [9.17, 15) is 13.2 Å². The number of H-pyrrole nitrogens is 1. The van der Waals surface area contributed by atoms with E-state index in [2.05, 4.69) is 15.5 Å². The molecule has 3 rings (SSSR count). The van der Waals surface area contributed by atoms with Gasteiger partial charge in [0.15, 0.2) is 9.84 Å². The molecule has 0 fully saturated rings. The van der Waals surface area contributed by atoms with Crippen LogP contribution in [0, 0.1) is 0 Å². The van der Waals surface area contributed by atoms with Crippen LogP contribution in [0.15, 0.2) is 41.8 Å². The van der Waals surface area contributed by atoms with Crippen molar-refractivity contribution in [2.45, 2.75) is 13.0 Å². The Morgan fingerprint density at radius 2 is 2.21 bits per heavy atom. The third-order valence-electron chi connectivity index (χ3n) is 3.53. The van der Waals surface area contributed by atoms with Crippen molar-refractivity contribution >= 4 is 15.7 Å². The number of sulfone groups is 1. The van der Waals surface area contributed by atoms with E-state index in [1.165, 1.54) is 6.08 Å². The van der Waals surface area contributed by atoms with Gasteiger partial charge in [0.2, 0.25) is 0 Å². The highest BCUT2D eigenvalue weighted by Gasteiger charge is 2.24. The lowest BCUT2D eigenvalue weighted by molar-refractivity contribution is 0.0942. The molecule has 1 aromatic carbocycles. The average molecular weight is 347 g/mol. The minimum Gasteiger partial charge on any atom is -0.493 e. The SMILES string of the molecule is CCOc1ccccc1-c1cc(C(=O)NC2C=CS(=O)(=O)C2)[nH]n1. The van der Waals surface area contributed by atoms with Crippen LogP contribution in [0.3, 0.4) is 0 Å². The number of hydrogen-bond donors (Lipinski definition) is 2. The second-order valence-corrected chi connectivity index (χ2v) is 7.27. The van der Waals surface area contributed by atoms with Gasteiger partial charge in [-0.2, -0.15) is 5.10 Å². The smallest absolute Gasteiger partial charge is 0.269 e. The van der Waals surface area contributed by atoms with Crippen LogP contribution in [-0.2, 0) is 9.84 Å². The molecule has 1 aliphatic heterocycles. The molecule has 24 heavy (non-hydrogen) atoms. The number of carbonyl (C=O) groups is 1. The summed E-state index contributed by atoms with van der Waals surface area (Å²) in [6, 6.07) is 8.50. The second kappa shape index (κ2) is 6.48. The average Bonchev–Trinajstić information content (AvgIpc) is 3.15. The summed E-state index contributed by atoms with van der Waals surface area (Å²) in [6.45, 7) is 2.42. The predicted octanol–water partition coefficient (Wildman–Crippen LogP) is 1.52. The van der Waals surface area contributed by atoms with Crippen LogP contribution in [0.5, 0.6) is 5.75 Å². The first-order valence-electron chi connectivity index (χ1n) is 7.48. The Balaban J connectivity index is 1.76. The molecule has 2 N–H and O–H groups in total. The number of aromatic nitrogens is 2. The van der Waals surface area contributed by atoms with E-state index in [1.54, 1.807) is 6.07 Å². The third-order valence-corrected chi connectivity index (χ3v) is 4.93. The van der Waals surface area contributed by atoms with E-state index >= 15 is 0 Å². The van der Waals surface area contributed by atoms with Crippen molar-refractivity contribution in [2.24, 2.45) is 0 Å². The fraction of sp³-hybridized carbons (Fsp3) is 0.250. The molecular formula is C16H17N3O4S. The maximum absolute atomic E-state index is 12.2. The van der Waals surface area contributed by atoms with Crippen LogP contribution >= 0.6 is 0 Å². The van der Waals surface area contributed by atoms with Crippen LogP contribution < -0.4 is 10.1 Å². The van der Waals surface area contributed by atoms with Gasteiger partial charge < -0.3 is 10.1 Å². The summed E-state index contributed by atoms with van der Waals surface area (Å²) in [5.74, 6) is 0.157. The molecule has 1 amide bonds. The maximum Gasteiger partial charge on any atom is 0.269 e. The minimum absolute atomic E-state index is 0.118. The molecule has 7 nitrogen and oxygen atoms in total. The number of rotatable bonds is 5. The van der Waals surface area contributed by atoms with Crippen molar-refractivity contribution < 1.29 is 17.9 Å². The van der Waals surface area contributed by atoms with Crippen LogP contribution in [0.1, 0.15) is 17.4 Å². The van der Waals surface area contributed by atoms with Crippen LogP contribution in [-0.4, -0.2) is 42.9 Å². The molecule has 2 heterocycles. The molecule has 1 aromatic heterocycles. The van der Waals surface area contributed by atoms with Crippen molar-refractivity contribution in [3.63, 3.8) is 0 Å².